The van der Waals surface area contributed by atoms with E-state index in [1.54, 1.807) is 11.3 Å². The van der Waals surface area contributed by atoms with Crippen molar-refractivity contribution in [2.45, 2.75) is 56.8 Å². The molecule has 1 saturated carbocycles. The fourth-order valence-corrected chi connectivity index (χ4v) is 4.51. The van der Waals surface area contributed by atoms with Gasteiger partial charge < -0.3 is 9.88 Å². The van der Waals surface area contributed by atoms with Gasteiger partial charge >= 0.3 is 0 Å². The third kappa shape index (κ3) is 4.35. The van der Waals surface area contributed by atoms with Crippen LogP contribution in [0.1, 0.15) is 48.8 Å². The zero-order valence-corrected chi connectivity index (χ0v) is 15.0. The summed E-state index contributed by atoms with van der Waals surface area (Å²) in [4.78, 5) is 13.2. The Kier molecular flexibility index (Phi) is 5.72. The zero-order chi connectivity index (χ0) is 16.1. The van der Waals surface area contributed by atoms with E-state index < -0.39 is 0 Å². The molecule has 0 unspecified atom stereocenters. The van der Waals surface area contributed by atoms with E-state index in [4.69, 9.17) is 0 Å². The lowest BCUT2D eigenvalue weighted by atomic mass is 9.95. The van der Waals surface area contributed by atoms with E-state index in [1.165, 1.54) is 48.7 Å². The highest BCUT2D eigenvalue weighted by Crippen LogP contribution is 2.32. The van der Waals surface area contributed by atoms with Crippen LogP contribution in [-0.4, -0.2) is 26.4 Å². The van der Waals surface area contributed by atoms with Gasteiger partial charge in [-0.2, -0.15) is 0 Å². The van der Waals surface area contributed by atoms with Crippen LogP contribution >= 0.6 is 23.1 Å². The van der Waals surface area contributed by atoms with Gasteiger partial charge in [-0.25, -0.2) is 0 Å². The molecule has 2 heterocycles. The molecule has 0 atom stereocenters. The number of nitrogens with zero attached hydrogens (tertiary/aromatic N) is 3. The minimum Gasteiger partial charge on any atom is -0.350 e. The Balaban J connectivity index is 1.54. The standard InChI is InChI=1S/C16H22N4OS2/c1-12-18-19-16(20(12)13-6-3-2-4-7-13)23-11-15(21)17-10-14-8-5-9-22-14/h5,8-9,13H,2-4,6-7,10-11H2,1H3,(H,17,21). The predicted octanol–water partition coefficient (Wildman–Crippen LogP) is 3.56. The molecule has 124 valence electrons. The van der Waals surface area contributed by atoms with Crippen LogP contribution in [-0.2, 0) is 11.3 Å². The van der Waals surface area contributed by atoms with Crippen molar-refractivity contribution in [3.63, 3.8) is 0 Å². The number of carbonyl (C=O) groups excluding carboxylic acids is 1. The summed E-state index contributed by atoms with van der Waals surface area (Å²) < 4.78 is 2.23. The molecule has 23 heavy (non-hydrogen) atoms. The summed E-state index contributed by atoms with van der Waals surface area (Å²) >= 11 is 3.14. The predicted molar refractivity (Wildman–Crippen MR) is 93.8 cm³/mol. The molecule has 2 aromatic rings. The highest BCUT2D eigenvalue weighted by molar-refractivity contribution is 7.99. The molecule has 5 nitrogen and oxygen atoms in total. The minimum absolute atomic E-state index is 0.0410. The Bertz CT molecular complexity index is 633. The second-order valence-corrected chi connectivity index (χ2v) is 7.81. The molecule has 1 aliphatic rings. The van der Waals surface area contributed by atoms with Crippen LogP contribution in [0.3, 0.4) is 0 Å². The first-order valence-electron chi connectivity index (χ1n) is 8.07. The SMILES string of the molecule is Cc1nnc(SCC(=O)NCc2cccs2)n1C1CCCCC1. The molecule has 1 N–H and O–H groups in total. The van der Waals surface area contributed by atoms with Crippen LogP contribution in [0.4, 0.5) is 0 Å². The lowest BCUT2D eigenvalue weighted by molar-refractivity contribution is -0.118. The number of aryl methyl sites for hydroxylation is 1. The molecule has 0 aromatic carbocycles. The highest BCUT2D eigenvalue weighted by Gasteiger charge is 2.21. The fraction of sp³-hybridized carbons (Fsp3) is 0.562. The molecule has 0 spiro atoms. The Hall–Kier alpha value is -1.34. The van der Waals surface area contributed by atoms with Gasteiger partial charge in [0.15, 0.2) is 5.16 Å². The Morgan fingerprint density at radius 1 is 1.39 bits per heavy atom. The number of nitrogens with one attached hydrogen (secondary N) is 1. The Morgan fingerprint density at radius 3 is 2.96 bits per heavy atom. The van der Waals surface area contributed by atoms with Gasteiger partial charge in [-0.05, 0) is 31.2 Å². The van der Waals surface area contributed by atoms with E-state index in [1.807, 2.05) is 24.4 Å². The maximum absolute atomic E-state index is 12.0. The number of amides is 1. The molecule has 1 fully saturated rings. The molecule has 0 bridgehead atoms. The van der Waals surface area contributed by atoms with E-state index in [-0.39, 0.29) is 5.91 Å². The monoisotopic (exact) mass is 350 g/mol. The van der Waals surface area contributed by atoms with E-state index in [0.717, 1.165) is 11.0 Å². The third-order valence-electron chi connectivity index (χ3n) is 4.15. The first-order chi connectivity index (χ1) is 11.2. The number of aromatic nitrogens is 3. The lowest BCUT2D eigenvalue weighted by Gasteiger charge is -2.24. The van der Waals surface area contributed by atoms with Gasteiger partial charge in [-0.15, -0.1) is 21.5 Å². The Labute approximate surface area is 144 Å². The normalized spacial score (nSPS) is 15.7. The van der Waals surface area contributed by atoms with Crippen molar-refractivity contribution in [2.24, 2.45) is 0 Å². The molecule has 0 radical (unpaired) electrons. The molecule has 2 aromatic heterocycles. The van der Waals surface area contributed by atoms with Crippen molar-refractivity contribution in [2.75, 3.05) is 5.75 Å². The minimum atomic E-state index is 0.0410. The van der Waals surface area contributed by atoms with E-state index >= 15 is 0 Å². The maximum Gasteiger partial charge on any atom is 0.230 e. The molecular weight excluding hydrogens is 328 g/mol. The number of rotatable bonds is 6. The first kappa shape index (κ1) is 16.5. The smallest absolute Gasteiger partial charge is 0.230 e. The van der Waals surface area contributed by atoms with Crippen LogP contribution in [0.25, 0.3) is 0 Å². The van der Waals surface area contributed by atoms with Crippen molar-refractivity contribution in [3.8, 4) is 0 Å². The van der Waals surface area contributed by atoms with Crippen molar-refractivity contribution < 1.29 is 4.79 Å². The molecule has 0 saturated heterocycles. The van der Waals surface area contributed by atoms with E-state index in [2.05, 4.69) is 20.1 Å². The van der Waals surface area contributed by atoms with Crippen molar-refractivity contribution in [1.29, 1.82) is 0 Å². The van der Waals surface area contributed by atoms with Gasteiger partial charge in [0.2, 0.25) is 5.91 Å². The van der Waals surface area contributed by atoms with Crippen LogP contribution in [0.15, 0.2) is 22.7 Å². The topological polar surface area (TPSA) is 59.8 Å². The van der Waals surface area contributed by atoms with E-state index in [9.17, 15) is 4.79 Å². The van der Waals surface area contributed by atoms with E-state index in [0.29, 0.717) is 18.3 Å². The number of thiophene rings is 1. The largest absolute Gasteiger partial charge is 0.350 e. The summed E-state index contributed by atoms with van der Waals surface area (Å²) in [5.74, 6) is 1.38. The molecule has 1 amide bonds. The molecule has 0 aliphatic heterocycles. The lowest BCUT2D eigenvalue weighted by Crippen LogP contribution is -2.24. The van der Waals surface area contributed by atoms with Crippen molar-refractivity contribution in [3.05, 3.63) is 28.2 Å². The van der Waals surface area contributed by atoms with Gasteiger partial charge in [-0.1, -0.05) is 37.1 Å². The average molecular weight is 351 g/mol. The summed E-state index contributed by atoms with van der Waals surface area (Å²) in [6.07, 6.45) is 6.25. The van der Waals surface area contributed by atoms with Gasteiger partial charge in [0.1, 0.15) is 5.82 Å². The van der Waals surface area contributed by atoms with Crippen LogP contribution < -0.4 is 5.32 Å². The molecule has 7 heteroatoms. The average Bonchev–Trinajstić information content (AvgIpc) is 3.21. The summed E-state index contributed by atoms with van der Waals surface area (Å²) in [6, 6.07) is 4.52. The number of hydrogen-bond acceptors (Lipinski definition) is 5. The van der Waals surface area contributed by atoms with Gasteiger partial charge in [0.25, 0.3) is 0 Å². The maximum atomic E-state index is 12.0. The fourth-order valence-electron chi connectivity index (χ4n) is 2.99. The Morgan fingerprint density at radius 2 is 2.22 bits per heavy atom. The molecular formula is C16H22N4OS2. The highest BCUT2D eigenvalue weighted by atomic mass is 32.2. The second-order valence-electron chi connectivity index (χ2n) is 5.84. The summed E-state index contributed by atoms with van der Waals surface area (Å²) in [7, 11) is 0. The first-order valence-corrected chi connectivity index (χ1v) is 9.94. The summed E-state index contributed by atoms with van der Waals surface area (Å²) in [5, 5.41) is 14.3. The number of thioether (sulfide) groups is 1. The quantitative estimate of drug-likeness (QED) is 0.809. The third-order valence-corrected chi connectivity index (χ3v) is 5.97. The van der Waals surface area contributed by atoms with Gasteiger partial charge in [0, 0.05) is 10.9 Å². The number of hydrogen-bond donors (Lipinski definition) is 1. The molecule has 1 aliphatic carbocycles. The van der Waals surface area contributed by atoms with Crippen LogP contribution in [0.2, 0.25) is 0 Å². The van der Waals surface area contributed by atoms with Gasteiger partial charge in [0.05, 0.1) is 12.3 Å². The summed E-state index contributed by atoms with van der Waals surface area (Å²) in [6.45, 7) is 2.61. The van der Waals surface area contributed by atoms with Crippen molar-refractivity contribution >= 4 is 29.0 Å². The second kappa shape index (κ2) is 7.97. The van der Waals surface area contributed by atoms with Crippen molar-refractivity contribution in [1.82, 2.24) is 20.1 Å². The van der Waals surface area contributed by atoms with Crippen LogP contribution in [0.5, 0.6) is 0 Å². The molecule has 3 rings (SSSR count). The van der Waals surface area contributed by atoms with Crippen LogP contribution in [0, 0.1) is 6.92 Å². The summed E-state index contributed by atoms with van der Waals surface area (Å²) in [5.41, 5.74) is 0. The van der Waals surface area contributed by atoms with Gasteiger partial charge in [-0.3, -0.25) is 4.79 Å². The zero-order valence-electron chi connectivity index (χ0n) is 13.3. The number of carbonyl (C=O) groups is 1.